The maximum atomic E-state index is 10.5. The predicted octanol–water partition coefficient (Wildman–Crippen LogP) is -1.87. The lowest BCUT2D eigenvalue weighted by molar-refractivity contribution is -0.147. The Morgan fingerprint density at radius 2 is 1.92 bits per heavy atom. The molecule has 0 saturated heterocycles. The lowest BCUT2D eigenvalue weighted by Gasteiger charge is -2.07. The molecule has 0 aromatic carbocycles. The summed E-state index contributed by atoms with van der Waals surface area (Å²) in [7, 11) is -4.81. The number of rotatable bonds is 4. The molecule has 4 N–H and O–H groups in total. The van der Waals surface area contributed by atoms with Crippen molar-refractivity contribution >= 4 is 22.1 Å². The first-order valence-corrected chi connectivity index (χ1v) is 4.38. The zero-order valence-electron chi connectivity index (χ0n) is 6.21. The number of hydrogen-bond donors (Lipinski definition) is 3. The molecule has 0 aliphatic heterocycles. The van der Waals surface area contributed by atoms with Crippen molar-refractivity contribution in [3.8, 4) is 0 Å². The molecule has 8 nitrogen and oxygen atoms in total. The minimum atomic E-state index is -4.81. The lowest BCUT2D eigenvalue weighted by Crippen LogP contribution is -2.35. The molecule has 0 rings (SSSR count). The van der Waals surface area contributed by atoms with E-state index in [2.05, 4.69) is 10.7 Å². The number of carboxylic acids is 1. The molecule has 0 fully saturated rings. The number of hydrogen-bond acceptors (Lipinski definition) is 6. The van der Waals surface area contributed by atoms with Crippen LogP contribution >= 0.6 is 0 Å². The van der Waals surface area contributed by atoms with E-state index in [1.807, 2.05) is 0 Å². The summed E-state index contributed by atoms with van der Waals surface area (Å²) >= 11 is 0. The van der Waals surface area contributed by atoms with Gasteiger partial charge in [-0.1, -0.05) is 0 Å². The highest BCUT2D eigenvalue weighted by Gasteiger charge is 2.34. The van der Waals surface area contributed by atoms with E-state index < -0.39 is 33.7 Å². The molecule has 1 atom stereocenters. The SMILES string of the molecule is NOC(=O)C(CC(=O)O)S(=O)(=O)O. The summed E-state index contributed by atoms with van der Waals surface area (Å²) in [6.45, 7) is 0. The van der Waals surface area contributed by atoms with Gasteiger partial charge in [0.05, 0.1) is 6.42 Å². The van der Waals surface area contributed by atoms with Crippen LogP contribution in [0.1, 0.15) is 6.42 Å². The molecule has 1 unspecified atom stereocenters. The second kappa shape index (κ2) is 4.16. The topological polar surface area (TPSA) is 144 Å². The molecule has 0 heterocycles. The molecule has 0 aromatic rings. The van der Waals surface area contributed by atoms with Crippen molar-refractivity contribution in [2.45, 2.75) is 11.7 Å². The van der Waals surface area contributed by atoms with Crippen molar-refractivity contribution in [2.75, 3.05) is 0 Å². The third kappa shape index (κ3) is 3.83. The van der Waals surface area contributed by atoms with Gasteiger partial charge in [-0.15, -0.1) is 0 Å². The van der Waals surface area contributed by atoms with Crippen molar-refractivity contribution in [2.24, 2.45) is 5.90 Å². The molecule has 0 aliphatic carbocycles. The smallest absolute Gasteiger partial charge is 0.345 e. The van der Waals surface area contributed by atoms with E-state index in [0.29, 0.717) is 0 Å². The monoisotopic (exact) mass is 213 g/mol. The fourth-order valence-electron chi connectivity index (χ4n) is 0.545. The standard InChI is InChI=1S/C4H7NO7S/c5-12-4(8)2(1-3(6)7)13(9,10)11/h2H,1,5H2,(H,6,7)(H,9,10,11). The molecule has 9 heteroatoms. The molecule has 0 aliphatic rings. The van der Waals surface area contributed by atoms with Crippen LogP contribution in [0.5, 0.6) is 0 Å². The van der Waals surface area contributed by atoms with Crippen LogP contribution in [0.4, 0.5) is 0 Å². The zero-order chi connectivity index (χ0) is 10.6. The quantitative estimate of drug-likeness (QED) is 0.364. The predicted molar refractivity (Wildman–Crippen MR) is 37.9 cm³/mol. The average molecular weight is 213 g/mol. The molecule has 13 heavy (non-hydrogen) atoms. The molecular weight excluding hydrogens is 206 g/mol. The number of carbonyl (C=O) groups excluding carboxylic acids is 1. The van der Waals surface area contributed by atoms with Crippen LogP contribution in [0.2, 0.25) is 0 Å². The Morgan fingerprint density at radius 1 is 1.46 bits per heavy atom. The molecule has 0 bridgehead atoms. The molecule has 0 aromatic heterocycles. The summed E-state index contributed by atoms with van der Waals surface area (Å²) in [5.74, 6) is 1.23. The maximum Gasteiger partial charge on any atom is 0.345 e. The molecule has 0 saturated carbocycles. The van der Waals surface area contributed by atoms with E-state index in [4.69, 9.17) is 9.66 Å². The van der Waals surface area contributed by atoms with Gasteiger partial charge in [-0.3, -0.25) is 9.35 Å². The first kappa shape index (κ1) is 11.8. The summed E-state index contributed by atoms with van der Waals surface area (Å²) in [6, 6.07) is 0. The van der Waals surface area contributed by atoms with E-state index in [1.54, 1.807) is 0 Å². The highest BCUT2D eigenvalue weighted by atomic mass is 32.2. The van der Waals surface area contributed by atoms with Crippen LogP contribution < -0.4 is 5.90 Å². The summed E-state index contributed by atoms with van der Waals surface area (Å²) in [4.78, 5) is 24.1. The van der Waals surface area contributed by atoms with E-state index in [-0.39, 0.29) is 0 Å². The van der Waals surface area contributed by atoms with Gasteiger partial charge >= 0.3 is 11.9 Å². The summed E-state index contributed by atoms with van der Waals surface area (Å²) in [5, 5.41) is 5.98. The van der Waals surface area contributed by atoms with Crippen LogP contribution in [0, 0.1) is 0 Å². The van der Waals surface area contributed by atoms with E-state index >= 15 is 0 Å². The van der Waals surface area contributed by atoms with Gasteiger partial charge < -0.3 is 9.94 Å². The van der Waals surface area contributed by atoms with Crippen LogP contribution in [0.15, 0.2) is 0 Å². The van der Waals surface area contributed by atoms with Gasteiger partial charge in [-0.25, -0.2) is 4.79 Å². The highest BCUT2D eigenvalue weighted by Crippen LogP contribution is 2.05. The average Bonchev–Trinajstić information content (AvgIpc) is 1.96. The van der Waals surface area contributed by atoms with Gasteiger partial charge in [0.1, 0.15) is 0 Å². The Kier molecular flexibility index (Phi) is 3.78. The first-order chi connectivity index (χ1) is 5.79. The molecular formula is C4H7NO7S. The number of aliphatic carboxylic acids is 1. The number of nitrogens with two attached hydrogens (primary N) is 1. The van der Waals surface area contributed by atoms with Crippen LogP contribution in [0.3, 0.4) is 0 Å². The van der Waals surface area contributed by atoms with Crippen LogP contribution in [0.25, 0.3) is 0 Å². The van der Waals surface area contributed by atoms with Crippen molar-refractivity contribution < 1.29 is 32.5 Å². The molecule has 76 valence electrons. The number of carbonyl (C=O) groups is 2. The van der Waals surface area contributed by atoms with Gasteiger partial charge in [0, 0.05) is 0 Å². The Morgan fingerprint density at radius 3 is 2.15 bits per heavy atom. The fraction of sp³-hybridized carbons (Fsp3) is 0.500. The second-order valence-corrected chi connectivity index (χ2v) is 3.64. The third-order valence-corrected chi connectivity index (χ3v) is 2.18. The lowest BCUT2D eigenvalue weighted by atomic mass is 10.3. The van der Waals surface area contributed by atoms with Crippen molar-refractivity contribution in [1.29, 1.82) is 0 Å². The zero-order valence-corrected chi connectivity index (χ0v) is 7.02. The van der Waals surface area contributed by atoms with Gasteiger partial charge in [-0.2, -0.15) is 14.3 Å². The maximum absolute atomic E-state index is 10.5. The Labute approximate surface area is 73.0 Å². The van der Waals surface area contributed by atoms with Gasteiger partial charge in [0.15, 0.2) is 5.25 Å². The highest BCUT2D eigenvalue weighted by molar-refractivity contribution is 7.87. The Hall–Kier alpha value is -1.19. The normalized spacial score (nSPS) is 13.4. The van der Waals surface area contributed by atoms with Crippen LogP contribution in [-0.2, 0) is 24.5 Å². The molecule has 0 amide bonds. The number of carboxylic acid groups (broad SMARTS) is 1. The summed E-state index contributed by atoms with van der Waals surface area (Å²) in [5.41, 5.74) is 0. The van der Waals surface area contributed by atoms with Crippen molar-refractivity contribution in [3.05, 3.63) is 0 Å². The minimum Gasteiger partial charge on any atom is -0.481 e. The van der Waals surface area contributed by atoms with Gasteiger partial charge in [0.25, 0.3) is 10.1 Å². The van der Waals surface area contributed by atoms with E-state index in [0.717, 1.165) is 0 Å². The van der Waals surface area contributed by atoms with Crippen molar-refractivity contribution in [3.63, 3.8) is 0 Å². The van der Waals surface area contributed by atoms with Gasteiger partial charge in [-0.05, 0) is 0 Å². The Bertz CT molecular complexity index is 306. The summed E-state index contributed by atoms with van der Waals surface area (Å²) in [6.07, 6.45) is -1.10. The first-order valence-electron chi connectivity index (χ1n) is 2.87. The van der Waals surface area contributed by atoms with Crippen molar-refractivity contribution in [1.82, 2.24) is 0 Å². The third-order valence-electron chi connectivity index (χ3n) is 1.10. The fourth-order valence-corrected chi connectivity index (χ4v) is 1.20. The molecule has 0 spiro atoms. The minimum absolute atomic E-state index is 1.10. The van der Waals surface area contributed by atoms with Crippen LogP contribution in [-0.4, -0.2) is 35.3 Å². The summed E-state index contributed by atoms with van der Waals surface area (Å²) < 4.78 is 29.2. The second-order valence-electron chi connectivity index (χ2n) is 2.04. The van der Waals surface area contributed by atoms with E-state index in [9.17, 15) is 18.0 Å². The van der Waals surface area contributed by atoms with E-state index in [1.165, 1.54) is 0 Å². The molecule has 0 radical (unpaired) electrons. The van der Waals surface area contributed by atoms with Gasteiger partial charge in [0.2, 0.25) is 0 Å². The Balaban J connectivity index is 4.77. The largest absolute Gasteiger partial charge is 0.481 e.